The summed E-state index contributed by atoms with van der Waals surface area (Å²) < 4.78 is 5.74. The number of rotatable bonds is 6. The van der Waals surface area contributed by atoms with E-state index >= 15 is 0 Å². The summed E-state index contributed by atoms with van der Waals surface area (Å²) in [6.07, 6.45) is 1.52. The molecule has 3 aromatic carbocycles. The van der Waals surface area contributed by atoms with Crippen molar-refractivity contribution in [3.05, 3.63) is 99.0 Å². The van der Waals surface area contributed by atoms with Gasteiger partial charge in [-0.15, -0.1) is 0 Å². The Hall–Kier alpha value is -3.26. The normalized spacial score (nSPS) is 10.9. The van der Waals surface area contributed by atoms with Crippen molar-refractivity contribution in [3.63, 3.8) is 0 Å². The number of hydrogen-bond acceptors (Lipinski definition) is 3. The van der Waals surface area contributed by atoms with Crippen LogP contribution in [0.5, 0.6) is 5.75 Å². The molecule has 0 aliphatic heterocycles. The molecule has 1 N–H and O–H groups in total. The largest absolute Gasteiger partial charge is 0.489 e. The van der Waals surface area contributed by atoms with E-state index in [0.29, 0.717) is 33.7 Å². The number of carbonyl (C=O) groups is 1. The minimum Gasteiger partial charge on any atom is -0.489 e. The molecule has 0 radical (unpaired) electrons. The number of nitriles is 1. The predicted molar refractivity (Wildman–Crippen MR) is 121 cm³/mol. The zero-order valence-electron chi connectivity index (χ0n) is 16.2. The number of hydrogen-bond donors (Lipinski definition) is 1. The summed E-state index contributed by atoms with van der Waals surface area (Å²) in [4.78, 5) is 12.4. The summed E-state index contributed by atoms with van der Waals surface area (Å²) in [6.45, 7) is 2.26. The van der Waals surface area contributed by atoms with E-state index < -0.39 is 5.91 Å². The third kappa shape index (κ3) is 5.87. The van der Waals surface area contributed by atoms with Gasteiger partial charge in [-0.25, -0.2) is 0 Å². The standard InChI is InChI=1S/C24H18Cl2N2O2/c1-16-5-8-21(13-23(16)26)28-24(29)19(14-27)11-17-6-9-22(10-7-17)30-15-18-3-2-4-20(25)12-18/h2-13H,15H2,1H3,(H,28,29)/b19-11+. The lowest BCUT2D eigenvalue weighted by Crippen LogP contribution is -2.13. The van der Waals surface area contributed by atoms with Crippen LogP contribution in [-0.4, -0.2) is 5.91 Å². The summed E-state index contributed by atoms with van der Waals surface area (Å²) >= 11 is 12.1. The van der Waals surface area contributed by atoms with Crippen molar-refractivity contribution < 1.29 is 9.53 Å². The molecule has 0 aliphatic carbocycles. The molecule has 0 spiro atoms. The summed E-state index contributed by atoms with van der Waals surface area (Å²) in [6, 6.07) is 21.7. The fraction of sp³-hybridized carbons (Fsp3) is 0.0833. The number of halogens is 2. The highest BCUT2D eigenvalue weighted by Gasteiger charge is 2.10. The van der Waals surface area contributed by atoms with Crippen LogP contribution < -0.4 is 10.1 Å². The van der Waals surface area contributed by atoms with Gasteiger partial charge in [-0.3, -0.25) is 4.79 Å². The predicted octanol–water partition coefficient (Wildman–Crippen LogP) is 6.43. The molecular weight excluding hydrogens is 419 g/mol. The third-order valence-electron chi connectivity index (χ3n) is 4.28. The lowest BCUT2D eigenvalue weighted by Gasteiger charge is -2.08. The van der Waals surface area contributed by atoms with Gasteiger partial charge in [0.15, 0.2) is 0 Å². The summed E-state index contributed by atoms with van der Waals surface area (Å²) in [5.41, 5.74) is 3.09. The van der Waals surface area contributed by atoms with E-state index in [1.807, 2.05) is 37.3 Å². The first kappa shape index (κ1) is 21.4. The molecule has 0 fully saturated rings. The van der Waals surface area contributed by atoms with Crippen molar-refractivity contribution in [2.45, 2.75) is 13.5 Å². The van der Waals surface area contributed by atoms with E-state index in [0.717, 1.165) is 11.1 Å². The molecule has 4 nitrogen and oxygen atoms in total. The Morgan fingerprint density at radius 2 is 1.87 bits per heavy atom. The van der Waals surface area contributed by atoms with Gasteiger partial charge in [0.2, 0.25) is 0 Å². The van der Waals surface area contributed by atoms with Crippen LogP contribution in [0.1, 0.15) is 16.7 Å². The topological polar surface area (TPSA) is 62.1 Å². The maximum atomic E-state index is 12.4. The first-order chi connectivity index (χ1) is 14.4. The van der Waals surface area contributed by atoms with E-state index in [1.54, 1.807) is 42.5 Å². The number of carbonyl (C=O) groups excluding carboxylic acids is 1. The van der Waals surface area contributed by atoms with E-state index in [4.69, 9.17) is 27.9 Å². The number of anilines is 1. The second-order valence-electron chi connectivity index (χ2n) is 6.58. The van der Waals surface area contributed by atoms with Crippen LogP contribution in [0.3, 0.4) is 0 Å². The Morgan fingerprint density at radius 3 is 2.53 bits per heavy atom. The summed E-state index contributed by atoms with van der Waals surface area (Å²) in [5, 5.41) is 13.3. The molecule has 0 bridgehead atoms. The van der Waals surface area contributed by atoms with E-state index in [2.05, 4.69) is 5.32 Å². The number of benzene rings is 3. The van der Waals surface area contributed by atoms with Gasteiger partial charge in [0.25, 0.3) is 5.91 Å². The molecule has 3 aromatic rings. The first-order valence-electron chi connectivity index (χ1n) is 9.11. The van der Waals surface area contributed by atoms with Crippen LogP contribution in [0.25, 0.3) is 6.08 Å². The van der Waals surface area contributed by atoms with Gasteiger partial charge in [0, 0.05) is 15.7 Å². The minimum absolute atomic E-state index is 0.0145. The van der Waals surface area contributed by atoms with Gasteiger partial charge in [0.1, 0.15) is 24.0 Å². The zero-order chi connectivity index (χ0) is 21.5. The number of ether oxygens (including phenoxy) is 1. The Balaban J connectivity index is 1.65. The molecule has 0 atom stereocenters. The Labute approximate surface area is 185 Å². The van der Waals surface area contributed by atoms with Crippen molar-refractivity contribution in [2.75, 3.05) is 5.32 Å². The van der Waals surface area contributed by atoms with Crippen molar-refractivity contribution in [1.29, 1.82) is 5.26 Å². The fourth-order valence-corrected chi connectivity index (χ4v) is 3.03. The molecule has 150 valence electrons. The molecule has 0 unspecified atom stereocenters. The summed E-state index contributed by atoms with van der Waals surface area (Å²) in [7, 11) is 0. The molecule has 0 saturated heterocycles. The van der Waals surface area contributed by atoms with Gasteiger partial charge in [0.05, 0.1) is 0 Å². The molecule has 6 heteroatoms. The fourth-order valence-electron chi connectivity index (χ4n) is 2.64. The average molecular weight is 437 g/mol. The maximum absolute atomic E-state index is 12.4. The number of aryl methyl sites for hydroxylation is 1. The molecule has 0 aromatic heterocycles. The molecule has 0 aliphatic rings. The lowest BCUT2D eigenvalue weighted by atomic mass is 10.1. The van der Waals surface area contributed by atoms with Gasteiger partial charge in [-0.05, 0) is 66.1 Å². The first-order valence-corrected chi connectivity index (χ1v) is 9.87. The maximum Gasteiger partial charge on any atom is 0.266 e. The second-order valence-corrected chi connectivity index (χ2v) is 7.42. The van der Waals surface area contributed by atoms with Crippen molar-refractivity contribution >= 4 is 40.9 Å². The van der Waals surface area contributed by atoms with Crippen molar-refractivity contribution in [3.8, 4) is 11.8 Å². The monoisotopic (exact) mass is 436 g/mol. The van der Waals surface area contributed by atoms with Crippen molar-refractivity contribution in [2.24, 2.45) is 0 Å². The highest BCUT2D eigenvalue weighted by Crippen LogP contribution is 2.21. The van der Waals surface area contributed by atoms with E-state index in [1.165, 1.54) is 6.08 Å². The minimum atomic E-state index is -0.501. The third-order valence-corrected chi connectivity index (χ3v) is 4.92. The van der Waals surface area contributed by atoms with Crippen LogP contribution in [0.2, 0.25) is 10.0 Å². The number of nitrogens with zero attached hydrogens (tertiary/aromatic N) is 1. The zero-order valence-corrected chi connectivity index (χ0v) is 17.7. The number of amides is 1. The van der Waals surface area contributed by atoms with Crippen LogP contribution in [0, 0.1) is 18.3 Å². The Bertz CT molecular complexity index is 1130. The van der Waals surface area contributed by atoms with E-state index in [9.17, 15) is 10.1 Å². The molecular formula is C24H18Cl2N2O2. The summed E-state index contributed by atoms with van der Waals surface area (Å²) in [5.74, 6) is 0.170. The molecule has 30 heavy (non-hydrogen) atoms. The second kappa shape index (κ2) is 9.98. The van der Waals surface area contributed by atoms with Crippen LogP contribution in [0.4, 0.5) is 5.69 Å². The number of nitrogens with one attached hydrogen (secondary N) is 1. The van der Waals surface area contributed by atoms with Crippen LogP contribution in [-0.2, 0) is 11.4 Å². The Morgan fingerprint density at radius 1 is 1.10 bits per heavy atom. The molecule has 0 saturated carbocycles. The smallest absolute Gasteiger partial charge is 0.266 e. The quantitative estimate of drug-likeness (QED) is 0.357. The van der Waals surface area contributed by atoms with E-state index in [-0.39, 0.29) is 5.57 Å². The van der Waals surface area contributed by atoms with Gasteiger partial charge in [-0.2, -0.15) is 5.26 Å². The molecule has 3 rings (SSSR count). The SMILES string of the molecule is Cc1ccc(NC(=O)/C(C#N)=C/c2ccc(OCc3cccc(Cl)c3)cc2)cc1Cl. The molecule has 0 heterocycles. The van der Waals surface area contributed by atoms with Crippen molar-refractivity contribution in [1.82, 2.24) is 0 Å². The average Bonchev–Trinajstić information content (AvgIpc) is 2.74. The van der Waals surface area contributed by atoms with Crippen LogP contribution >= 0.6 is 23.2 Å². The highest BCUT2D eigenvalue weighted by atomic mass is 35.5. The van der Waals surface area contributed by atoms with Gasteiger partial charge < -0.3 is 10.1 Å². The van der Waals surface area contributed by atoms with Gasteiger partial charge >= 0.3 is 0 Å². The highest BCUT2D eigenvalue weighted by molar-refractivity contribution is 6.31. The Kier molecular flexibility index (Phi) is 7.13. The lowest BCUT2D eigenvalue weighted by molar-refractivity contribution is -0.112. The van der Waals surface area contributed by atoms with Crippen LogP contribution in [0.15, 0.2) is 72.3 Å². The van der Waals surface area contributed by atoms with Gasteiger partial charge in [-0.1, -0.05) is 53.5 Å². The molecule has 1 amide bonds.